The molecule has 1 aliphatic rings. The zero-order valence-electron chi connectivity index (χ0n) is 24.9. The number of hydrogen-bond donors (Lipinski definition) is 1. The fourth-order valence-corrected chi connectivity index (χ4v) is 6.72. The maximum absolute atomic E-state index is 14.3. The van der Waals surface area contributed by atoms with Gasteiger partial charge in [-0.3, -0.25) is 9.36 Å². The number of ether oxygens (including phenoxy) is 2. The molecule has 1 aliphatic heterocycles. The molecule has 3 heterocycles. The molecule has 9 nitrogen and oxygen atoms in total. The molecule has 1 N–H and O–H groups in total. The number of nitrogens with zero attached hydrogens (tertiary/aromatic N) is 2. The Balaban J connectivity index is 1.59. The van der Waals surface area contributed by atoms with Gasteiger partial charge in [0.15, 0.2) is 4.80 Å². The Morgan fingerprint density at radius 3 is 2.58 bits per heavy atom. The molecule has 0 bridgehead atoms. The molecule has 45 heavy (non-hydrogen) atoms. The van der Waals surface area contributed by atoms with E-state index in [1.165, 1.54) is 22.0 Å². The van der Waals surface area contributed by atoms with Crippen molar-refractivity contribution in [3.05, 3.63) is 121 Å². The molecule has 0 fully saturated rings. The molecule has 0 saturated heterocycles. The minimum absolute atomic E-state index is 0.108. The van der Waals surface area contributed by atoms with E-state index in [1.807, 2.05) is 43.3 Å². The van der Waals surface area contributed by atoms with Gasteiger partial charge in [0, 0.05) is 17.2 Å². The van der Waals surface area contributed by atoms with Crippen LogP contribution >= 0.6 is 11.3 Å². The van der Waals surface area contributed by atoms with Gasteiger partial charge in [-0.25, -0.2) is 14.6 Å². The lowest BCUT2D eigenvalue weighted by Crippen LogP contribution is -2.40. The summed E-state index contributed by atoms with van der Waals surface area (Å²) in [6.45, 7) is 3.91. The van der Waals surface area contributed by atoms with E-state index in [1.54, 1.807) is 50.4 Å². The van der Waals surface area contributed by atoms with Crippen molar-refractivity contribution in [3.8, 4) is 17.1 Å². The first kappa shape index (κ1) is 29.8. The minimum atomic E-state index is -1.07. The number of fused-ring (bicyclic) bond motifs is 2. The summed E-state index contributed by atoms with van der Waals surface area (Å²) in [4.78, 5) is 45.0. The van der Waals surface area contributed by atoms with Crippen molar-refractivity contribution >= 4 is 40.1 Å². The van der Waals surface area contributed by atoms with Crippen LogP contribution in [0.3, 0.4) is 0 Å². The van der Waals surface area contributed by atoms with Crippen molar-refractivity contribution in [1.82, 2.24) is 4.57 Å². The number of aromatic nitrogens is 1. The standard InChI is InChI=1S/C35H30N2O7S/c1-4-10-25-30(34(41)43-5-2)31(29-22-12-7-6-11-20(22)15-17-27(29)42-3)37-32(38)28(45-35(37)36-25)19-21-16-18-26(44-21)23-13-8-9-14-24(23)33(39)40/h6-9,11-19,31H,4-5,10H2,1-3H3,(H,39,40)/b28-19+/t31-/m0/s1. The number of carbonyl (C=O) groups excluding carboxylic acids is 1. The third-order valence-corrected chi connectivity index (χ3v) is 8.62. The lowest BCUT2D eigenvalue weighted by atomic mass is 9.90. The highest BCUT2D eigenvalue weighted by molar-refractivity contribution is 7.07. The van der Waals surface area contributed by atoms with Crippen LogP contribution in [0.4, 0.5) is 0 Å². The summed E-state index contributed by atoms with van der Waals surface area (Å²) >= 11 is 1.19. The minimum Gasteiger partial charge on any atom is -0.496 e. The number of hydrogen-bond acceptors (Lipinski definition) is 8. The number of aromatic carboxylic acids is 1. The van der Waals surface area contributed by atoms with Crippen molar-refractivity contribution in [3.63, 3.8) is 0 Å². The van der Waals surface area contributed by atoms with E-state index >= 15 is 0 Å². The molecule has 0 unspecified atom stereocenters. The third-order valence-electron chi connectivity index (χ3n) is 7.64. The Kier molecular flexibility index (Phi) is 8.23. The quantitative estimate of drug-likeness (QED) is 0.210. The molecule has 10 heteroatoms. The smallest absolute Gasteiger partial charge is 0.338 e. The van der Waals surface area contributed by atoms with Crippen molar-refractivity contribution in [1.29, 1.82) is 0 Å². The van der Waals surface area contributed by atoms with Crippen molar-refractivity contribution in [2.24, 2.45) is 4.99 Å². The average molecular weight is 623 g/mol. The molecule has 0 aliphatic carbocycles. The van der Waals surface area contributed by atoms with Crippen LogP contribution in [0, 0.1) is 0 Å². The number of furan rings is 1. The van der Waals surface area contributed by atoms with Crippen LogP contribution in [0.15, 0.2) is 98.3 Å². The fraction of sp³-hybridized carbons (Fsp3) is 0.200. The predicted octanol–water partition coefficient (Wildman–Crippen LogP) is 5.70. The first-order valence-electron chi connectivity index (χ1n) is 14.6. The Bertz CT molecular complexity index is 2170. The maximum atomic E-state index is 14.3. The summed E-state index contributed by atoms with van der Waals surface area (Å²) < 4.78 is 19.3. The number of carboxylic acids is 1. The van der Waals surface area contributed by atoms with E-state index in [4.69, 9.17) is 18.9 Å². The molecule has 3 aromatic carbocycles. The van der Waals surface area contributed by atoms with Crippen LogP contribution in [0.5, 0.6) is 5.75 Å². The number of benzene rings is 3. The van der Waals surface area contributed by atoms with Crippen molar-refractivity contribution in [2.45, 2.75) is 32.7 Å². The van der Waals surface area contributed by atoms with Gasteiger partial charge in [-0.2, -0.15) is 0 Å². The van der Waals surface area contributed by atoms with Crippen molar-refractivity contribution in [2.75, 3.05) is 13.7 Å². The third kappa shape index (κ3) is 5.38. The topological polar surface area (TPSA) is 120 Å². The van der Waals surface area contributed by atoms with Gasteiger partial charge in [-0.1, -0.05) is 73.2 Å². The largest absolute Gasteiger partial charge is 0.496 e. The van der Waals surface area contributed by atoms with E-state index in [2.05, 4.69) is 0 Å². The molecule has 5 aromatic rings. The fourth-order valence-electron chi connectivity index (χ4n) is 5.72. The molecule has 0 saturated carbocycles. The second-order valence-electron chi connectivity index (χ2n) is 10.4. The van der Waals surface area contributed by atoms with Gasteiger partial charge in [0.05, 0.1) is 35.1 Å². The lowest BCUT2D eigenvalue weighted by Gasteiger charge is -2.28. The van der Waals surface area contributed by atoms with Gasteiger partial charge < -0.3 is 19.0 Å². The molecular weight excluding hydrogens is 592 g/mol. The number of carboxylic acid groups (broad SMARTS) is 1. The van der Waals surface area contributed by atoms with E-state index < -0.39 is 18.0 Å². The second kappa shape index (κ2) is 12.4. The van der Waals surface area contributed by atoms with Gasteiger partial charge in [-0.05, 0) is 48.4 Å². The van der Waals surface area contributed by atoms with Gasteiger partial charge >= 0.3 is 11.9 Å². The Morgan fingerprint density at radius 1 is 1.04 bits per heavy atom. The van der Waals surface area contributed by atoms with Gasteiger partial charge in [-0.15, -0.1) is 0 Å². The van der Waals surface area contributed by atoms with Crippen LogP contribution in [0.25, 0.3) is 28.2 Å². The first-order chi connectivity index (χ1) is 21.9. The number of thiazole rings is 1. The van der Waals surface area contributed by atoms with Crippen molar-refractivity contribution < 1.29 is 28.6 Å². The van der Waals surface area contributed by atoms with Gasteiger partial charge in [0.1, 0.15) is 23.3 Å². The van der Waals surface area contributed by atoms with E-state index in [0.717, 1.165) is 17.2 Å². The Morgan fingerprint density at radius 2 is 1.82 bits per heavy atom. The number of esters is 1. The summed E-state index contributed by atoms with van der Waals surface area (Å²) in [5.41, 5.74) is 1.71. The molecule has 228 valence electrons. The van der Waals surface area contributed by atoms with Crippen LogP contribution in [0.2, 0.25) is 0 Å². The lowest BCUT2D eigenvalue weighted by molar-refractivity contribution is -0.139. The van der Waals surface area contributed by atoms with Gasteiger partial charge in [0.25, 0.3) is 5.56 Å². The molecule has 0 radical (unpaired) electrons. The number of carbonyl (C=O) groups is 2. The first-order valence-corrected chi connectivity index (χ1v) is 15.4. The summed E-state index contributed by atoms with van der Waals surface area (Å²) in [5, 5.41) is 11.4. The highest BCUT2D eigenvalue weighted by Crippen LogP contribution is 2.41. The summed E-state index contributed by atoms with van der Waals surface area (Å²) in [6.07, 6.45) is 2.84. The summed E-state index contributed by atoms with van der Waals surface area (Å²) in [6, 6.07) is 20.6. The summed E-state index contributed by atoms with van der Waals surface area (Å²) in [5.74, 6) is -0.346. The normalized spacial score (nSPS) is 14.7. The molecule has 0 amide bonds. The zero-order valence-corrected chi connectivity index (χ0v) is 25.7. The molecular formula is C35H30N2O7S. The number of rotatable bonds is 9. The SMILES string of the molecule is CCCC1=C(C(=O)OCC)[C@H](c2c(OC)ccc3ccccc23)n2c(s/c(=C/c3ccc(-c4ccccc4C(=O)O)o3)c2=O)=N1. The number of allylic oxidation sites excluding steroid dienone is 1. The van der Waals surface area contributed by atoms with Crippen LogP contribution in [-0.2, 0) is 9.53 Å². The summed E-state index contributed by atoms with van der Waals surface area (Å²) in [7, 11) is 1.56. The predicted molar refractivity (Wildman–Crippen MR) is 171 cm³/mol. The van der Waals surface area contributed by atoms with Crippen LogP contribution in [-0.4, -0.2) is 35.3 Å². The van der Waals surface area contributed by atoms with E-state index in [-0.39, 0.29) is 17.7 Å². The highest BCUT2D eigenvalue weighted by atomic mass is 32.1. The monoisotopic (exact) mass is 622 g/mol. The highest BCUT2D eigenvalue weighted by Gasteiger charge is 2.37. The number of methoxy groups -OCH3 is 1. The molecule has 6 rings (SSSR count). The molecule has 0 spiro atoms. The second-order valence-corrected chi connectivity index (χ2v) is 11.4. The average Bonchev–Trinajstić information content (AvgIpc) is 3.64. The molecule has 2 aromatic heterocycles. The Hall–Kier alpha value is -5.22. The van der Waals surface area contributed by atoms with Crippen LogP contribution in [0.1, 0.15) is 54.4 Å². The zero-order chi connectivity index (χ0) is 31.7. The molecule has 1 atom stereocenters. The Labute approximate surface area is 262 Å². The van der Waals surface area contributed by atoms with Crippen LogP contribution < -0.4 is 19.6 Å². The van der Waals surface area contributed by atoms with Gasteiger partial charge in [0.2, 0.25) is 0 Å². The maximum Gasteiger partial charge on any atom is 0.338 e. The van der Waals surface area contributed by atoms with E-state index in [9.17, 15) is 19.5 Å². The van der Waals surface area contributed by atoms with E-state index in [0.29, 0.717) is 55.4 Å².